The predicted molar refractivity (Wildman–Crippen MR) is 88.8 cm³/mol. The van der Waals surface area contributed by atoms with Crippen LogP contribution in [-0.4, -0.2) is 24.9 Å². The second-order valence-corrected chi connectivity index (χ2v) is 7.58. The molecule has 24 heavy (non-hydrogen) atoms. The summed E-state index contributed by atoms with van der Waals surface area (Å²) in [5.74, 6) is 0.596. The van der Waals surface area contributed by atoms with E-state index in [9.17, 15) is 8.78 Å². The lowest BCUT2D eigenvalue weighted by atomic mass is 9.73. The van der Waals surface area contributed by atoms with Crippen molar-refractivity contribution >= 4 is 7.12 Å². The van der Waals surface area contributed by atoms with Crippen LogP contribution in [0.25, 0.3) is 0 Å². The summed E-state index contributed by atoms with van der Waals surface area (Å²) >= 11 is 0. The number of rotatable bonds is 4. The molecule has 0 amide bonds. The van der Waals surface area contributed by atoms with E-state index in [0.29, 0.717) is 25.2 Å². The zero-order valence-electron chi connectivity index (χ0n) is 14.6. The molecule has 1 heterocycles. The van der Waals surface area contributed by atoms with E-state index in [1.54, 1.807) is 12.1 Å². The molecule has 1 saturated carbocycles. The summed E-state index contributed by atoms with van der Waals surface area (Å²) in [5.41, 5.74) is -0.637. The number of ether oxygens (including phenoxy) is 1. The van der Waals surface area contributed by atoms with Crippen LogP contribution in [0.15, 0.2) is 35.6 Å². The lowest BCUT2D eigenvalue weighted by Crippen LogP contribution is -2.41. The lowest BCUT2D eigenvalue weighted by molar-refractivity contribution is 0.00578. The van der Waals surface area contributed by atoms with Gasteiger partial charge in [-0.25, -0.2) is 8.78 Å². The first kappa shape index (κ1) is 17.4. The molecule has 1 aromatic carbocycles. The van der Waals surface area contributed by atoms with Crippen LogP contribution < -0.4 is 4.74 Å². The van der Waals surface area contributed by atoms with Gasteiger partial charge in [-0.15, -0.1) is 0 Å². The molecule has 6 heteroatoms. The summed E-state index contributed by atoms with van der Waals surface area (Å²) in [6.07, 6.45) is 1.27. The van der Waals surface area contributed by atoms with Gasteiger partial charge in [0.15, 0.2) is 0 Å². The highest BCUT2D eigenvalue weighted by atomic mass is 19.1. The Morgan fingerprint density at radius 1 is 1.12 bits per heavy atom. The molecule has 0 bridgehead atoms. The van der Waals surface area contributed by atoms with Gasteiger partial charge in [0, 0.05) is 5.92 Å². The third kappa shape index (κ3) is 3.35. The van der Waals surface area contributed by atoms with Gasteiger partial charge in [-0.05, 0) is 70.4 Å². The fourth-order valence-electron chi connectivity index (χ4n) is 2.81. The summed E-state index contributed by atoms with van der Waals surface area (Å²) in [6, 6.07) is 5.91. The molecular formula is C18H23BF2O3. The van der Waals surface area contributed by atoms with Gasteiger partial charge in [0.25, 0.3) is 0 Å². The van der Waals surface area contributed by atoms with Crippen molar-refractivity contribution in [2.75, 3.05) is 6.61 Å². The van der Waals surface area contributed by atoms with Crippen LogP contribution in [0.5, 0.6) is 5.75 Å². The molecule has 3 rings (SSSR count). The Hall–Kier alpha value is -1.40. The van der Waals surface area contributed by atoms with E-state index in [2.05, 4.69) is 0 Å². The van der Waals surface area contributed by atoms with Gasteiger partial charge in [-0.1, -0.05) is 0 Å². The molecule has 1 aliphatic heterocycles. The molecule has 0 unspecified atom stereocenters. The summed E-state index contributed by atoms with van der Waals surface area (Å²) < 4.78 is 44.5. The highest BCUT2D eigenvalue weighted by Crippen LogP contribution is 2.43. The number of benzene rings is 1. The summed E-state index contributed by atoms with van der Waals surface area (Å²) in [6.45, 7) is 8.12. The van der Waals surface area contributed by atoms with Gasteiger partial charge >= 0.3 is 7.12 Å². The largest absolute Gasteiger partial charge is 0.525 e. The molecule has 0 spiro atoms. The molecule has 1 saturated heterocycles. The van der Waals surface area contributed by atoms with Crippen molar-refractivity contribution in [1.29, 1.82) is 0 Å². The molecule has 0 radical (unpaired) electrons. The highest BCUT2D eigenvalue weighted by Gasteiger charge is 2.54. The predicted octanol–water partition coefficient (Wildman–Crippen LogP) is 4.47. The minimum atomic E-state index is -0.913. The van der Waals surface area contributed by atoms with Crippen LogP contribution in [-0.2, 0) is 9.31 Å². The van der Waals surface area contributed by atoms with E-state index in [1.165, 1.54) is 12.1 Å². The fraction of sp³-hybridized carbons (Fsp3) is 0.556. The zero-order chi connectivity index (χ0) is 17.5. The SMILES string of the molecule is CC1(C)OB(C(F)=C2CC(COc3ccc(F)cc3)C2)OC1(C)C. The quantitative estimate of drug-likeness (QED) is 0.760. The number of hydrogen-bond donors (Lipinski definition) is 0. The van der Waals surface area contributed by atoms with E-state index < -0.39 is 18.3 Å². The van der Waals surface area contributed by atoms with Crippen molar-refractivity contribution in [2.45, 2.75) is 51.7 Å². The van der Waals surface area contributed by atoms with Crippen LogP contribution in [0, 0.1) is 11.7 Å². The Labute approximate surface area is 142 Å². The molecule has 2 fully saturated rings. The average Bonchev–Trinajstić information content (AvgIpc) is 2.67. The standard InChI is InChI=1S/C18H23BF2O3/c1-17(2)18(3,4)24-19(23-17)16(21)13-9-12(10-13)11-22-15-7-5-14(20)6-8-15/h5-8,12H,9-11H2,1-4H3. The number of allylic oxidation sites excluding steroid dienone is 1. The molecule has 0 aromatic heterocycles. The summed E-state index contributed by atoms with van der Waals surface area (Å²) in [4.78, 5) is 0. The Morgan fingerprint density at radius 2 is 1.67 bits per heavy atom. The maximum Gasteiger partial charge on any atom is 0.525 e. The Morgan fingerprint density at radius 3 is 2.21 bits per heavy atom. The topological polar surface area (TPSA) is 27.7 Å². The van der Waals surface area contributed by atoms with Gasteiger partial charge in [-0.3, -0.25) is 0 Å². The molecule has 3 nitrogen and oxygen atoms in total. The first-order valence-electron chi connectivity index (χ1n) is 8.29. The van der Waals surface area contributed by atoms with Gasteiger partial charge in [0.1, 0.15) is 17.3 Å². The van der Waals surface area contributed by atoms with Crippen molar-refractivity contribution in [2.24, 2.45) is 5.92 Å². The van der Waals surface area contributed by atoms with Crippen LogP contribution in [0.3, 0.4) is 0 Å². The minimum Gasteiger partial charge on any atom is -0.493 e. The van der Waals surface area contributed by atoms with E-state index in [4.69, 9.17) is 14.0 Å². The van der Waals surface area contributed by atoms with Gasteiger partial charge in [0.05, 0.1) is 17.8 Å². The smallest absolute Gasteiger partial charge is 0.493 e. The minimum absolute atomic E-state index is 0.262. The van der Waals surface area contributed by atoms with Crippen molar-refractivity contribution in [3.63, 3.8) is 0 Å². The van der Waals surface area contributed by atoms with Crippen molar-refractivity contribution in [3.8, 4) is 5.75 Å². The Balaban J connectivity index is 1.52. The maximum atomic E-state index is 14.6. The molecule has 1 aromatic rings. The van der Waals surface area contributed by atoms with Crippen molar-refractivity contribution in [1.82, 2.24) is 0 Å². The first-order chi connectivity index (χ1) is 11.2. The molecule has 2 aliphatic rings. The molecular weight excluding hydrogens is 313 g/mol. The Kier molecular flexibility index (Phi) is 4.47. The van der Waals surface area contributed by atoms with Crippen molar-refractivity contribution in [3.05, 3.63) is 41.4 Å². The third-order valence-corrected chi connectivity index (χ3v) is 5.17. The summed E-state index contributed by atoms with van der Waals surface area (Å²) in [7, 11) is -0.913. The normalized spacial score (nSPS) is 24.7. The summed E-state index contributed by atoms with van der Waals surface area (Å²) in [5, 5.41) is 0. The Bertz CT molecular complexity index is 616. The fourth-order valence-corrected chi connectivity index (χ4v) is 2.81. The van der Waals surface area contributed by atoms with E-state index >= 15 is 0 Å². The molecule has 1 aliphatic carbocycles. The lowest BCUT2D eigenvalue weighted by Gasteiger charge is -2.32. The third-order valence-electron chi connectivity index (χ3n) is 5.17. The second-order valence-electron chi connectivity index (χ2n) is 7.58. The van der Waals surface area contributed by atoms with E-state index in [0.717, 1.165) is 5.57 Å². The number of halogens is 2. The first-order valence-corrected chi connectivity index (χ1v) is 8.29. The zero-order valence-corrected chi connectivity index (χ0v) is 14.6. The van der Waals surface area contributed by atoms with Gasteiger partial charge < -0.3 is 14.0 Å². The van der Waals surface area contributed by atoms with Crippen LogP contribution in [0.4, 0.5) is 8.78 Å². The van der Waals surface area contributed by atoms with E-state index in [1.807, 2.05) is 27.7 Å². The van der Waals surface area contributed by atoms with Crippen LogP contribution >= 0.6 is 0 Å². The van der Waals surface area contributed by atoms with Gasteiger partial charge in [0.2, 0.25) is 0 Å². The van der Waals surface area contributed by atoms with E-state index in [-0.39, 0.29) is 17.5 Å². The monoisotopic (exact) mass is 336 g/mol. The van der Waals surface area contributed by atoms with Crippen molar-refractivity contribution < 1.29 is 22.8 Å². The highest BCUT2D eigenvalue weighted by molar-refractivity contribution is 6.53. The second kappa shape index (κ2) is 6.15. The molecule has 0 N–H and O–H groups in total. The maximum absolute atomic E-state index is 14.6. The van der Waals surface area contributed by atoms with Gasteiger partial charge in [-0.2, -0.15) is 0 Å². The van der Waals surface area contributed by atoms with Crippen LogP contribution in [0.2, 0.25) is 0 Å². The molecule has 130 valence electrons. The molecule has 0 atom stereocenters. The number of hydrogen-bond acceptors (Lipinski definition) is 3. The average molecular weight is 336 g/mol. The van der Waals surface area contributed by atoms with Crippen LogP contribution in [0.1, 0.15) is 40.5 Å².